The van der Waals surface area contributed by atoms with E-state index in [1.54, 1.807) is 0 Å². The molecule has 0 amide bonds. The summed E-state index contributed by atoms with van der Waals surface area (Å²) >= 11 is 0. The number of hydrogen-bond acceptors (Lipinski definition) is 4. The first-order valence-electron chi connectivity index (χ1n) is 7.15. The summed E-state index contributed by atoms with van der Waals surface area (Å²) in [5.41, 5.74) is 0. The van der Waals surface area contributed by atoms with Gasteiger partial charge in [-0.15, -0.1) is 6.08 Å². The monoisotopic (exact) mass is 265 g/mol. The van der Waals surface area contributed by atoms with E-state index < -0.39 is 6.69 Å². The standard InChI is InChI=1S/C13H20BNO4/c1-15-9-12(16)18-14(15,19-13(17)10-15)8-7-11-5-3-2-4-6-11/h7-8,11H,2-6,9-10H2,1H3/b8-7+. The summed E-state index contributed by atoms with van der Waals surface area (Å²) in [7, 11) is 1.86. The van der Waals surface area contributed by atoms with Crippen LogP contribution in [0.2, 0.25) is 0 Å². The van der Waals surface area contributed by atoms with Gasteiger partial charge >= 0.3 is 18.6 Å². The number of rotatable bonds is 2. The first kappa shape index (κ1) is 12.7. The quantitative estimate of drug-likeness (QED) is 0.703. The van der Waals surface area contributed by atoms with Crippen molar-refractivity contribution >= 4 is 18.6 Å². The predicted octanol–water partition coefficient (Wildman–Crippen LogP) is 1.16. The van der Waals surface area contributed by atoms with Gasteiger partial charge in [0.05, 0.1) is 0 Å². The van der Waals surface area contributed by atoms with E-state index in [9.17, 15) is 9.59 Å². The number of allylic oxidation sites excluding steroid dienone is 1. The molecule has 3 rings (SSSR count). The summed E-state index contributed by atoms with van der Waals surface area (Å²) in [5.74, 6) is 1.84. The smallest absolute Gasteiger partial charge is 0.596 e. The number of hydrogen-bond donors (Lipinski definition) is 0. The van der Waals surface area contributed by atoms with Crippen molar-refractivity contribution in [3.05, 3.63) is 12.1 Å². The van der Waals surface area contributed by atoms with Gasteiger partial charge in [-0.25, -0.2) is 0 Å². The van der Waals surface area contributed by atoms with Gasteiger partial charge in [-0.05, 0) is 18.8 Å². The van der Waals surface area contributed by atoms with Crippen molar-refractivity contribution in [3.8, 4) is 0 Å². The van der Waals surface area contributed by atoms with Crippen LogP contribution in [-0.4, -0.2) is 43.2 Å². The van der Waals surface area contributed by atoms with Crippen molar-refractivity contribution in [3.63, 3.8) is 0 Å². The second-order valence-corrected chi connectivity index (χ2v) is 6.29. The topological polar surface area (TPSA) is 52.6 Å². The molecule has 0 aromatic carbocycles. The van der Waals surface area contributed by atoms with Crippen LogP contribution in [0.5, 0.6) is 0 Å². The summed E-state index contributed by atoms with van der Waals surface area (Å²) in [5, 5.41) is 0. The zero-order valence-electron chi connectivity index (χ0n) is 11.3. The molecule has 104 valence electrons. The lowest BCUT2D eigenvalue weighted by molar-refractivity contribution is -0.791. The van der Waals surface area contributed by atoms with Crippen LogP contribution < -0.4 is 0 Å². The fourth-order valence-electron chi connectivity index (χ4n) is 3.54. The maximum absolute atomic E-state index is 11.6. The molecule has 0 N–H and O–H groups in total. The third kappa shape index (κ3) is 2.08. The number of likely N-dealkylation sites (N-methyl/N-ethyl adjacent to an activating group) is 1. The summed E-state index contributed by atoms with van der Waals surface area (Å²) in [4.78, 5) is 23.2. The zero-order valence-corrected chi connectivity index (χ0v) is 11.3. The number of quaternary nitrogens is 1. The van der Waals surface area contributed by atoms with Crippen LogP contribution in [0.3, 0.4) is 0 Å². The molecule has 0 spiro atoms. The lowest BCUT2D eigenvalue weighted by Crippen LogP contribution is -2.59. The normalized spacial score (nSPS) is 39.4. The molecule has 2 heterocycles. The van der Waals surface area contributed by atoms with Crippen molar-refractivity contribution in [2.45, 2.75) is 32.1 Å². The molecule has 0 unspecified atom stereocenters. The van der Waals surface area contributed by atoms with Gasteiger partial charge < -0.3 is 13.7 Å². The highest BCUT2D eigenvalue weighted by molar-refractivity contribution is 6.71. The third-order valence-electron chi connectivity index (χ3n) is 4.73. The lowest BCUT2D eigenvalue weighted by atomic mass is 9.67. The van der Waals surface area contributed by atoms with E-state index >= 15 is 0 Å². The molecule has 6 heteroatoms. The Hall–Kier alpha value is -1.30. The van der Waals surface area contributed by atoms with Crippen molar-refractivity contribution < 1.29 is 23.3 Å². The summed E-state index contributed by atoms with van der Waals surface area (Å²) in [6.45, 7) is -1.51. The maximum Gasteiger partial charge on any atom is 0.607 e. The van der Waals surface area contributed by atoms with Crippen molar-refractivity contribution in [2.24, 2.45) is 5.92 Å². The SMILES string of the molecule is C[N+]12CC(=O)O[B-]1(/C=C/C1CCCCC1)OC(=O)C2. The first-order chi connectivity index (χ1) is 9.03. The van der Waals surface area contributed by atoms with Crippen LogP contribution in [0, 0.1) is 5.92 Å². The second-order valence-electron chi connectivity index (χ2n) is 6.29. The molecule has 2 aliphatic heterocycles. The first-order valence-corrected chi connectivity index (χ1v) is 7.15. The van der Waals surface area contributed by atoms with Gasteiger partial charge in [-0.3, -0.25) is 9.59 Å². The molecule has 19 heavy (non-hydrogen) atoms. The maximum atomic E-state index is 11.6. The van der Waals surface area contributed by atoms with Gasteiger partial charge in [-0.1, -0.05) is 25.2 Å². The molecule has 3 fully saturated rings. The summed E-state index contributed by atoms with van der Waals surface area (Å²) in [6, 6.07) is 0. The largest absolute Gasteiger partial charge is 0.607 e. The Morgan fingerprint density at radius 3 is 2.26 bits per heavy atom. The minimum Gasteiger partial charge on any atom is -0.596 e. The Balaban J connectivity index is 1.81. The van der Waals surface area contributed by atoms with E-state index in [1.165, 1.54) is 32.1 Å². The van der Waals surface area contributed by atoms with E-state index in [-0.39, 0.29) is 29.4 Å². The van der Waals surface area contributed by atoms with Crippen LogP contribution in [0.1, 0.15) is 32.1 Å². The van der Waals surface area contributed by atoms with Gasteiger partial charge in [0.15, 0.2) is 0 Å². The zero-order chi connectivity index (χ0) is 13.5. The predicted molar refractivity (Wildman–Crippen MR) is 69.6 cm³/mol. The Bertz CT molecular complexity index is 422. The molecule has 5 nitrogen and oxygen atoms in total. The highest BCUT2D eigenvalue weighted by Crippen LogP contribution is 2.35. The number of carbonyl (C=O) groups excluding carboxylic acids is 2. The van der Waals surface area contributed by atoms with Crippen LogP contribution >= 0.6 is 0 Å². The third-order valence-corrected chi connectivity index (χ3v) is 4.73. The summed E-state index contributed by atoms with van der Waals surface area (Å²) in [6.07, 6.45) is 8.26. The molecule has 0 aromatic rings. The van der Waals surface area contributed by atoms with Gasteiger partial charge in [0, 0.05) is 7.05 Å². The van der Waals surface area contributed by atoms with E-state index in [4.69, 9.17) is 9.31 Å². The molecule has 1 aliphatic carbocycles. The minimum atomic E-state index is -1.96. The lowest BCUT2D eigenvalue weighted by Gasteiger charge is -2.38. The van der Waals surface area contributed by atoms with Crippen molar-refractivity contribution in [1.29, 1.82) is 0 Å². The Labute approximate surface area is 113 Å². The van der Waals surface area contributed by atoms with Gasteiger partial charge in [0.1, 0.15) is 13.1 Å². The number of nitrogens with zero attached hydrogens (tertiary/aromatic N) is 1. The van der Waals surface area contributed by atoms with E-state index in [0.717, 1.165) is 0 Å². The van der Waals surface area contributed by atoms with E-state index in [2.05, 4.69) is 6.08 Å². The highest BCUT2D eigenvalue weighted by Gasteiger charge is 2.63. The van der Waals surface area contributed by atoms with Gasteiger partial charge in [0.25, 0.3) is 0 Å². The van der Waals surface area contributed by atoms with Crippen molar-refractivity contribution in [1.82, 2.24) is 0 Å². The molecule has 0 radical (unpaired) electrons. The molecular weight excluding hydrogens is 245 g/mol. The Morgan fingerprint density at radius 2 is 1.68 bits per heavy atom. The average molecular weight is 265 g/mol. The fourth-order valence-corrected chi connectivity index (χ4v) is 3.54. The van der Waals surface area contributed by atoms with Crippen LogP contribution in [-0.2, 0) is 18.9 Å². The molecule has 0 atom stereocenters. The highest BCUT2D eigenvalue weighted by atomic mass is 16.7. The Kier molecular flexibility index (Phi) is 2.93. The number of fused-ring (bicyclic) bond motifs is 1. The fraction of sp³-hybridized carbons (Fsp3) is 0.692. The van der Waals surface area contributed by atoms with Crippen LogP contribution in [0.4, 0.5) is 0 Å². The minimum absolute atomic E-state index is 0.223. The van der Waals surface area contributed by atoms with Gasteiger partial charge in [0.2, 0.25) is 0 Å². The summed E-state index contributed by atoms with van der Waals surface area (Å²) < 4.78 is 11.1. The molecule has 0 bridgehead atoms. The van der Waals surface area contributed by atoms with Crippen LogP contribution in [0.15, 0.2) is 12.1 Å². The molecule has 2 saturated heterocycles. The van der Waals surface area contributed by atoms with E-state index in [0.29, 0.717) is 5.92 Å². The Morgan fingerprint density at radius 1 is 1.11 bits per heavy atom. The van der Waals surface area contributed by atoms with Crippen molar-refractivity contribution in [2.75, 3.05) is 20.1 Å². The molecule has 3 aliphatic rings. The molecule has 0 aromatic heterocycles. The van der Waals surface area contributed by atoms with Gasteiger partial charge in [-0.2, -0.15) is 0 Å². The number of carbonyl (C=O) groups is 2. The average Bonchev–Trinajstić information content (AvgIpc) is 2.72. The molecular formula is C13H20BNO4. The molecule has 1 saturated carbocycles. The van der Waals surface area contributed by atoms with Crippen LogP contribution in [0.25, 0.3) is 0 Å². The van der Waals surface area contributed by atoms with E-state index in [1.807, 2.05) is 13.0 Å². The second kappa shape index (κ2) is 4.37.